The van der Waals surface area contributed by atoms with Crippen LogP contribution in [0.25, 0.3) is 0 Å². The fraction of sp³-hybridized carbons (Fsp3) is 0.420. The van der Waals surface area contributed by atoms with Gasteiger partial charge in [0.2, 0.25) is 36.7 Å². The second-order valence-corrected chi connectivity index (χ2v) is 34.0. The third kappa shape index (κ3) is 55.7. The van der Waals surface area contributed by atoms with E-state index < -0.39 is 0 Å². The summed E-state index contributed by atoms with van der Waals surface area (Å²) in [4.78, 5) is 47.0. The van der Waals surface area contributed by atoms with E-state index in [0.29, 0.717) is 100 Å². The molecule has 0 amide bonds. The highest BCUT2D eigenvalue weighted by molar-refractivity contribution is 5.32. The molecule has 0 aliphatic rings. The van der Waals surface area contributed by atoms with Crippen LogP contribution in [-0.2, 0) is 0 Å². The molecule has 0 fully saturated rings. The lowest BCUT2D eigenvalue weighted by Crippen LogP contribution is -2.28. The van der Waals surface area contributed by atoms with Gasteiger partial charge in [-0.1, -0.05) is 206 Å². The first kappa shape index (κ1) is 116. The highest BCUT2D eigenvalue weighted by Gasteiger charge is 2.08. The average Bonchev–Trinajstić information content (AvgIpc) is 0.905. The van der Waals surface area contributed by atoms with Gasteiger partial charge in [0.15, 0.2) is 5.82 Å². The summed E-state index contributed by atoms with van der Waals surface area (Å²) in [7, 11) is 0. The fourth-order valence-electron chi connectivity index (χ4n) is 9.34. The zero-order valence-electron chi connectivity index (χ0n) is 83.0. The molecular formula is C100H148N30O2+2. The molecule has 132 heavy (non-hydrogen) atoms. The molecule has 0 aromatic carbocycles. The van der Waals surface area contributed by atoms with E-state index in [-0.39, 0.29) is 5.95 Å². The summed E-state index contributed by atoms with van der Waals surface area (Å²) < 4.78 is 2.13. The van der Waals surface area contributed by atoms with Crippen LogP contribution in [0.4, 0.5) is 23.5 Å². The van der Waals surface area contributed by atoms with Crippen molar-refractivity contribution in [3.8, 4) is 0 Å². The summed E-state index contributed by atoms with van der Waals surface area (Å²) in [6.45, 7) is 59.0. The highest BCUT2D eigenvalue weighted by atomic mass is 16.5. The van der Waals surface area contributed by atoms with E-state index in [9.17, 15) is 0 Å². The normalized spacial score (nSPS) is 10.2. The van der Waals surface area contributed by atoms with E-state index in [1.54, 1.807) is 112 Å². The van der Waals surface area contributed by atoms with Gasteiger partial charge in [-0.05, 0) is 182 Å². The smallest absolute Gasteiger partial charge is 0.240 e. The van der Waals surface area contributed by atoms with Crippen molar-refractivity contribution < 1.29 is 19.9 Å². The van der Waals surface area contributed by atoms with Crippen molar-refractivity contribution in [2.24, 2.45) is 0 Å². The number of pyridine rings is 5. The summed E-state index contributed by atoms with van der Waals surface area (Å²) in [5, 5.41) is 62.8. The van der Waals surface area contributed by atoms with Gasteiger partial charge in [-0.2, -0.15) is 40.8 Å². The highest BCUT2D eigenvalue weighted by Crippen LogP contribution is 2.19. The second-order valence-electron chi connectivity index (χ2n) is 34.0. The monoisotopic (exact) mass is 1800 g/mol. The van der Waals surface area contributed by atoms with E-state index >= 15 is 0 Å². The molecule has 14 aromatic rings. The van der Waals surface area contributed by atoms with Crippen LogP contribution in [0, 0.1) is 0 Å². The lowest BCUT2D eigenvalue weighted by molar-refractivity contribution is -0.905. The molecule has 0 atom stereocenters. The van der Waals surface area contributed by atoms with Gasteiger partial charge >= 0.3 is 0 Å². The molecule has 0 radical (unpaired) electrons. The van der Waals surface area contributed by atoms with Crippen LogP contribution >= 0.6 is 0 Å². The third-order valence-electron chi connectivity index (χ3n) is 18.1. The first-order valence-corrected chi connectivity index (χ1v) is 44.5. The zero-order chi connectivity index (χ0) is 98.9. The summed E-state index contributed by atoms with van der Waals surface area (Å²) in [5.41, 5.74) is 36.3. The number of nitrogens with zero attached hydrogens (tertiary/aromatic N) is 26. The predicted molar refractivity (Wildman–Crippen MR) is 527 cm³/mol. The largest absolute Gasteiger partial charge is 0.384 e. The number of hydrogen-bond donors (Lipinski definition) is 6. The molecular weight excluding hydrogens is 1650 g/mol. The Hall–Kier alpha value is -13.9. The molecule has 0 spiro atoms. The minimum atomic E-state index is 0.226. The maximum absolute atomic E-state index is 8.98. The summed E-state index contributed by atoms with van der Waals surface area (Å²) in [6.07, 6.45) is 42.8. The molecule has 0 saturated carbocycles. The summed E-state index contributed by atoms with van der Waals surface area (Å²) >= 11 is 0. The third-order valence-corrected chi connectivity index (χ3v) is 18.1. The van der Waals surface area contributed by atoms with Crippen molar-refractivity contribution in [2.75, 3.05) is 22.9 Å². The average molecular weight is 1800 g/mol. The molecule has 0 unspecified atom stereocenters. The predicted octanol–water partition coefficient (Wildman–Crippen LogP) is 20.2. The standard InChI is InChI=1S/C8H12N2.2C8H12NO.2C8H11N.2C7H11N3.4C7H10N2.C6H10N4.2C6H9N3/c1-6(2)7-3-4-8(9)10-5-7;1-7(2)8-3-5-9(10)6-4-8;1-7(2)8-4-3-5-9(10)6-8;1-7(2)8-3-5-9-6-4-8;1-7(2)8-4-3-5-9-6-8;1-5(2)6-3-9-7(8)10-4-6;1-5(2)6-3-7(8)10-9-4-6;1-6(2)7-3-8-5-9-4-7;1-6(2)7-3-4-8-5-9-7;1-6(2)7-3-4-8-9-5-7;1-6(2)7-4-3-5-8-9-7;1-4(2)5-3-8-6(7)10-9-5;1-5(2)6-3-7-4-8-9-6;1-5(2)6-7-3-4-8-9-6/h3-6H,1-2H3,(H2,9,10);2*3-7,10H,1-2H3;2*3-7H,1-2H3;3-5H,1-2H3,(H2,8,9,10);3-5H,1-2H3,(H2,8,10);4*3-6H,1-2H3;3-4H,1-2H3,(H2,7,8,10);2*3-5H,1-2H3/q;2*+1;;;;;;;;;;;. The van der Waals surface area contributed by atoms with Crippen LogP contribution in [0.3, 0.4) is 0 Å². The summed E-state index contributed by atoms with van der Waals surface area (Å²) in [5.74, 6) is 9.38. The number of anilines is 4. The van der Waals surface area contributed by atoms with Gasteiger partial charge in [-0.3, -0.25) is 20.4 Å². The van der Waals surface area contributed by atoms with E-state index in [0.717, 1.165) is 54.8 Å². The maximum Gasteiger partial charge on any atom is 0.240 e. The second kappa shape index (κ2) is 68.2. The van der Waals surface area contributed by atoms with Crippen LogP contribution < -0.4 is 32.4 Å². The molecule has 14 aromatic heterocycles. The molecule has 0 saturated heterocycles. The molecule has 708 valence electrons. The van der Waals surface area contributed by atoms with Crippen molar-refractivity contribution in [3.05, 3.63) is 325 Å². The molecule has 10 N–H and O–H groups in total. The minimum absolute atomic E-state index is 0.226. The fourth-order valence-corrected chi connectivity index (χ4v) is 9.34. The van der Waals surface area contributed by atoms with Crippen molar-refractivity contribution in [3.63, 3.8) is 0 Å². The first-order valence-electron chi connectivity index (χ1n) is 44.5. The van der Waals surface area contributed by atoms with Crippen LogP contribution in [0.15, 0.2) is 246 Å². The number of aromatic nitrogens is 26. The Morgan fingerprint density at radius 3 is 1.07 bits per heavy atom. The van der Waals surface area contributed by atoms with Crippen LogP contribution in [0.1, 0.15) is 355 Å². The molecule has 0 aliphatic carbocycles. The van der Waals surface area contributed by atoms with Gasteiger partial charge in [-0.25, -0.2) is 49.8 Å². The Balaban J connectivity index is 0.000000711. The van der Waals surface area contributed by atoms with Gasteiger partial charge in [0, 0.05) is 125 Å². The van der Waals surface area contributed by atoms with Crippen molar-refractivity contribution in [2.45, 2.75) is 277 Å². The van der Waals surface area contributed by atoms with Crippen LogP contribution in [0.5, 0.6) is 0 Å². The lowest BCUT2D eigenvalue weighted by atomic mass is 10.1. The molecule has 0 aliphatic heterocycles. The Morgan fingerprint density at radius 2 is 0.705 bits per heavy atom. The Labute approximate surface area is 784 Å². The number of rotatable bonds is 14. The van der Waals surface area contributed by atoms with E-state index in [2.05, 4.69) is 293 Å². The van der Waals surface area contributed by atoms with Crippen LogP contribution in [0.2, 0.25) is 0 Å². The molecule has 0 bridgehead atoms. The van der Waals surface area contributed by atoms with Gasteiger partial charge in [0.25, 0.3) is 0 Å². The molecule has 32 heteroatoms. The van der Waals surface area contributed by atoms with Crippen molar-refractivity contribution in [1.82, 2.24) is 121 Å². The topological polar surface area (TPSA) is 462 Å². The maximum atomic E-state index is 8.98. The summed E-state index contributed by atoms with van der Waals surface area (Å²) in [6, 6.07) is 29.3. The minimum Gasteiger partial charge on any atom is -0.384 e. The van der Waals surface area contributed by atoms with Crippen molar-refractivity contribution in [1.29, 1.82) is 0 Å². The zero-order valence-corrected chi connectivity index (χ0v) is 83.0. The van der Waals surface area contributed by atoms with Crippen molar-refractivity contribution >= 4 is 23.5 Å². The first-order chi connectivity index (χ1) is 62.6. The van der Waals surface area contributed by atoms with Gasteiger partial charge in [0.05, 0.1) is 48.1 Å². The number of nitrogen functional groups attached to an aromatic ring is 4. The van der Waals surface area contributed by atoms with Gasteiger partial charge in [0.1, 0.15) is 30.6 Å². The Morgan fingerprint density at radius 1 is 0.227 bits per heavy atom. The van der Waals surface area contributed by atoms with Crippen LogP contribution in [-0.4, -0.2) is 131 Å². The van der Waals surface area contributed by atoms with E-state index in [4.69, 9.17) is 33.3 Å². The SMILES string of the molecule is CC(C)c1cc[n+](O)cc1.CC(C)c1ccc(N)nc1.CC(C)c1ccc[n+](O)c1.CC(C)c1cccnc1.CC(C)c1cccnn1.CC(C)c1ccncc1.CC(C)c1ccncn1.CC(C)c1ccnnc1.CC(C)c1cnc(N)nc1.CC(C)c1cnc(N)nn1.CC(C)c1cncnc1.CC(C)c1cncnn1.CC(C)c1cnnc(N)c1.CC(C)c1nccnn1. The molecule has 14 rings (SSSR count). The van der Waals surface area contributed by atoms with Gasteiger partial charge < -0.3 is 22.9 Å². The van der Waals surface area contributed by atoms with E-state index in [1.807, 2.05) is 150 Å². The number of hydrogen-bond acceptors (Lipinski definition) is 30. The lowest BCUT2D eigenvalue weighted by Gasteiger charge is -2.02. The van der Waals surface area contributed by atoms with E-state index in [1.165, 1.54) is 39.7 Å². The Kier molecular flexibility index (Phi) is 60.0. The number of nitrogens with two attached hydrogens (primary N) is 4. The van der Waals surface area contributed by atoms with Gasteiger partial charge in [-0.15, -0.1) is 20.4 Å². The Bertz CT molecular complexity index is 4300. The molecule has 32 nitrogen and oxygen atoms in total. The molecule has 14 heterocycles. The quantitative estimate of drug-likeness (QED) is 0.0435.